The van der Waals surface area contributed by atoms with Crippen LogP contribution < -0.4 is 4.74 Å². The van der Waals surface area contributed by atoms with Crippen LogP contribution in [0.5, 0.6) is 5.75 Å². The summed E-state index contributed by atoms with van der Waals surface area (Å²) in [5, 5.41) is 11.8. The van der Waals surface area contributed by atoms with E-state index in [4.69, 9.17) is 4.74 Å². The Morgan fingerprint density at radius 3 is 2.48 bits per heavy atom. The minimum absolute atomic E-state index is 0.211. The molecule has 0 aromatic heterocycles. The Morgan fingerprint density at radius 1 is 0.957 bits per heavy atom. The molecule has 0 radical (unpaired) electrons. The zero-order valence-corrected chi connectivity index (χ0v) is 12.5. The van der Waals surface area contributed by atoms with Crippen LogP contribution in [0.1, 0.15) is 15.9 Å². The van der Waals surface area contributed by atoms with Gasteiger partial charge < -0.3 is 9.84 Å². The quantitative estimate of drug-likeness (QED) is 0.752. The van der Waals surface area contributed by atoms with Crippen LogP contribution in [0.25, 0.3) is 28.0 Å². The maximum atomic E-state index is 12.1. The normalized spacial score (nSPS) is 13.1. The van der Waals surface area contributed by atoms with Gasteiger partial charge in [0.25, 0.3) is 0 Å². The molecule has 23 heavy (non-hydrogen) atoms. The molecule has 3 aromatic carbocycles. The summed E-state index contributed by atoms with van der Waals surface area (Å²) < 4.78 is 5.19. The largest absolute Gasteiger partial charge is 0.504 e. The minimum atomic E-state index is -0.319. The Kier molecular flexibility index (Phi) is 2.95. The van der Waals surface area contributed by atoms with Crippen LogP contribution in [0.15, 0.2) is 60.4 Å². The van der Waals surface area contributed by atoms with Gasteiger partial charge in [0.15, 0.2) is 5.76 Å². The Balaban J connectivity index is 1.96. The lowest BCUT2D eigenvalue weighted by molar-refractivity contribution is 0.0981. The molecule has 1 aliphatic carbocycles. The molecule has 0 saturated carbocycles. The number of ketones is 1. The highest BCUT2D eigenvalue weighted by atomic mass is 16.5. The monoisotopic (exact) mass is 302 g/mol. The number of hydrogen-bond acceptors (Lipinski definition) is 3. The van der Waals surface area contributed by atoms with Gasteiger partial charge >= 0.3 is 0 Å². The average Bonchev–Trinajstić information content (AvgIpc) is 2.59. The van der Waals surface area contributed by atoms with Gasteiger partial charge in [-0.25, -0.2) is 0 Å². The molecule has 3 aromatic rings. The summed E-state index contributed by atoms with van der Waals surface area (Å²) in [6, 6.07) is 17.5. The van der Waals surface area contributed by atoms with Crippen molar-refractivity contribution in [1.82, 2.24) is 0 Å². The Bertz CT molecular complexity index is 966. The maximum Gasteiger partial charge on any atom is 0.227 e. The lowest BCUT2D eigenvalue weighted by Crippen LogP contribution is -2.08. The first-order chi connectivity index (χ1) is 11.2. The number of allylic oxidation sites excluding steroid dienone is 1. The number of benzene rings is 3. The van der Waals surface area contributed by atoms with Crippen LogP contribution in [0.4, 0.5) is 0 Å². The van der Waals surface area contributed by atoms with Gasteiger partial charge in [-0.2, -0.15) is 0 Å². The van der Waals surface area contributed by atoms with Crippen LogP contribution in [0.2, 0.25) is 0 Å². The fourth-order valence-electron chi connectivity index (χ4n) is 3.07. The lowest BCUT2D eigenvalue weighted by Gasteiger charge is -2.15. The summed E-state index contributed by atoms with van der Waals surface area (Å²) in [5.74, 6) is 0.276. The standard InChI is InChI=1S/C20H14O3/c1-23-16-7-5-12(6-8-16)14-9-13-3-2-4-17-19(13)15(10-14)11-18(21)20(17)22/h2-11,21H,1H3. The van der Waals surface area contributed by atoms with Gasteiger partial charge in [-0.1, -0.05) is 30.3 Å². The van der Waals surface area contributed by atoms with Gasteiger partial charge in [-0.3, -0.25) is 4.79 Å². The summed E-state index contributed by atoms with van der Waals surface area (Å²) in [6.07, 6.45) is 1.55. The molecule has 1 aliphatic rings. The SMILES string of the molecule is COc1ccc(-c2cc3c4c(cccc4c2)C(=O)C(O)=C3)cc1. The highest BCUT2D eigenvalue weighted by Crippen LogP contribution is 2.35. The van der Waals surface area contributed by atoms with E-state index < -0.39 is 0 Å². The van der Waals surface area contributed by atoms with E-state index in [1.807, 2.05) is 42.5 Å². The molecule has 0 amide bonds. The zero-order valence-electron chi connectivity index (χ0n) is 12.5. The van der Waals surface area contributed by atoms with E-state index in [0.29, 0.717) is 5.56 Å². The summed E-state index contributed by atoms with van der Waals surface area (Å²) in [6.45, 7) is 0. The topological polar surface area (TPSA) is 46.5 Å². The predicted octanol–water partition coefficient (Wildman–Crippen LogP) is 4.61. The molecule has 0 atom stereocenters. The number of Topliss-reactive ketones (excluding diaryl/α,β-unsaturated/α-hetero) is 1. The van der Waals surface area contributed by atoms with Crippen LogP contribution in [0.3, 0.4) is 0 Å². The Hall–Kier alpha value is -3.07. The number of methoxy groups -OCH3 is 1. The minimum Gasteiger partial charge on any atom is -0.504 e. The van der Waals surface area contributed by atoms with Crippen molar-refractivity contribution in [3.8, 4) is 16.9 Å². The van der Waals surface area contributed by atoms with Gasteiger partial charge in [0.1, 0.15) is 5.75 Å². The van der Waals surface area contributed by atoms with E-state index in [0.717, 1.165) is 33.2 Å². The number of rotatable bonds is 2. The molecule has 3 nitrogen and oxygen atoms in total. The molecule has 4 rings (SSSR count). The van der Waals surface area contributed by atoms with Crippen molar-refractivity contribution in [2.75, 3.05) is 7.11 Å². The number of hydrogen-bond donors (Lipinski definition) is 1. The van der Waals surface area contributed by atoms with Gasteiger partial charge in [-0.05, 0) is 52.4 Å². The van der Waals surface area contributed by atoms with E-state index in [1.165, 1.54) is 0 Å². The molecule has 0 bridgehead atoms. The second-order valence-electron chi connectivity index (χ2n) is 5.56. The van der Waals surface area contributed by atoms with Crippen LogP contribution >= 0.6 is 0 Å². The van der Waals surface area contributed by atoms with E-state index in [-0.39, 0.29) is 11.5 Å². The molecule has 0 fully saturated rings. The Morgan fingerprint density at radius 2 is 1.74 bits per heavy atom. The predicted molar refractivity (Wildman–Crippen MR) is 90.9 cm³/mol. The molecule has 3 heteroatoms. The van der Waals surface area contributed by atoms with E-state index in [9.17, 15) is 9.90 Å². The highest BCUT2D eigenvalue weighted by Gasteiger charge is 2.21. The molecule has 112 valence electrons. The van der Waals surface area contributed by atoms with Crippen molar-refractivity contribution in [1.29, 1.82) is 0 Å². The third-order valence-electron chi connectivity index (χ3n) is 4.20. The number of carbonyl (C=O) groups is 1. The van der Waals surface area contributed by atoms with Crippen molar-refractivity contribution < 1.29 is 14.6 Å². The smallest absolute Gasteiger partial charge is 0.227 e. The zero-order chi connectivity index (χ0) is 16.0. The summed E-state index contributed by atoms with van der Waals surface area (Å²) in [4.78, 5) is 12.1. The molecule has 0 saturated heterocycles. The molecule has 1 N–H and O–H groups in total. The second kappa shape index (κ2) is 4.99. The first kappa shape index (κ1) is 13.6. The first-order valence-electron chi connectivity index (χ1n) is 7.34. The first-order valence-corrected chi connectivity index (χ1v) is 7.34. The molecular weight excluding hydrogens is 288 g/mol. The molecule has 0 spiro atoms. The van der Waals surface area contributed by atoms with Crippen LogP contribution in [0, 0.1) is 0 Å². The number of aliphatic hydroxyl groups excluding tert-OH is 1. The van der Waals surface area contributed by atoms with Crippen molar-refractivity contribution in [3.05, 3.63) is 71.5 Å². The van der Waals surface area contributed by atoms with Crippen LogP contribution in [-0.2, 0) is 0 Å². The molecular formula is C20H14O3. The van der Waals surface area contributed by atoms with Gasteiger partial charge in [0.05, 0.1) is 7.11 Å². The fraction of sp³-hybridized carbons (Fsp3) is 0.0500. The van der Waals surface area contributed by atoms with Crippen molar-refractivity contribution in [3.63, 3.8) is 0 Å². The van der Waals surface area contributed by atoms with Crippen molar-refractivity contribution in [2.24, 2.45) is 0 Å². The van der Waals surface area contributed by atoms with E-state index in [2.05, 4.69) is 6.07 Å². The number of aliphatic hydroxyl groups is 1. The third-order valence-corrected chi connectivity index (χ3v) is 4.20. The molecule has 0 aliphatic heterocycles. The third kappa shape index (κ3) is 2.09. The summed E-state index contributed by atoms with van der Waals surface area (Å²) in [7, 11) is 1.64. The Labute approximate surface area is 133 Å². The molecule has 0 unspecified atom stereocenters. The number of ether oxygens (including phenoxy) is 1. The van der Waals surface area contributed by atoms with E-state index >= 15 is 0 Å². The lowest BCUT2D eigenvalue weighted by atomic mass is 9.88. The maximum absolute atomic E-state index is 12.1. The van der Waals surface area contributed by atoms with Crippen LogP contribution in [-0.4, -0.2) is 18.0 Å². The van der Waals surface area contributed by atoms with E-state index in [1.54, 1.807) is 19.3 Å². The van der Waals surface area contributed by atoms with Gasteiger partial charge in [-0.15, -0.1) is 0 Å². The van der Waals surface area contributed by atoms with Gasteiger partial charge in [0.2, 0.25) is 5.78 Å². The van der Waals surface area contributed by atoms with Crippen molar-refractivity contribution in [2.45, 2.75) is 0 Å². The second-order valence-corrected chi connectivity index (χ2v) is 5.56. The highest BCUT2D eigenvalue weighted by molar-refractivity contribution is 6.22. The summed E-state index contributed by atoms with van der Waals surface area (Å²) >= 11 is 0. The van der Waals surface area contributed by atoms with Gasteiger partial charge in [0, 0.05) is 10.9 Å². The number of carbonyl (C=O) groups excluding carboxylic acids is 1. The van der Waals surface area contributed by atoms with Crippen molar-refractivity contribution >= 4 is 22.6 Å². The fourth-order valence-corrected chi connectivity index (χ4v) is 3.07. The average molecular weight is 302 g/mol. The summed E-state index contributed by atoms with van der Waals surface area (Å²) in [5.41, 5.74) is 3.50. The molecule has 0 heterocycles.